The van der Waals surface area contributed by atoms with Gasteiger partial charge in [-0.2, -0.15) is 0 Å². The summed E-state index contributed by atoms with van der Waals surface area (Å²) in [4.78, 5) is 10.8. The summed E-state index contributed by atoms with van der Waals surface area (Å²) in [6.07, 6.45) is 7.99. The summed E-state index contributed by atoms with van der Waals surface area (Å²) < 4.78 is 0. The minimum atomic E-state index is -1.32. The molecule has 1 aliphatic carbocycles. The fraction of sp³-hybridized carbons (Fsp3) is 0.300. The highest BCUT2D eigenvalue weighted by atomic mass is 16.4. The number of aliphatic hydroxyl groups is 1. The molecule has 70 valence electrons. The van der Waals surface area contributed by atoms with Crippen molar-refractivity contribution in [2.24, 2.45) is 5.92 Å². The van der Waals surface area contributed by atoms with Gasteiger partial charge in [0.05, 0.1) is 0 Å². The van der Waals surface area contributed by atoms with Crippen LogP contribution in [0.1, 0.15) is 6.42 Å². The molecule has 3 heteroatoms. The first-order valence-electron chi connectivity index (χ1n) is 4.02. The molecule has 0 radical (unpaired) electrons. The van der Waals surface area contributed by atoms with Crippen LogP contribution in [0.2, 0.25) is 0 Å². The maximum Gasteiger partial charge on any atom is 0.313 e. The van der Waals surface area contributed by atoms with Gasteiger partial charge in [0.25, 0.3) is 0 Å². The van der Waals surface area contributed by atoms with Crippen molar-refractivity contribution in [3.63, 3.8) is 0 Å². The van der Waals surface area contributed by atoms with Crippen molar-refractivity contribution >= 4 is 5.97 Å². The lowest BCUT2D eigenvalue weighted by atomic mass is 9.81. The summed E-state index contributed by atoms with van der Waals surface area (Å²) in [6.45, 7) is 3.48. The Morgan fingerprint density at radius 2 is 2.31 bits per heavy atom. The van der Waals surface area contributed by atoms with Crippen molar-refractivity contribution in [1.29, 1.82) is 0 Å². The second-order valence-corrected chi connectivity index (χ2v) is 3.04. The molecule has 0 spiro atoms. The van der Waals surface area contributed by atoms with Crippen LogP contribution < -0.4 is 0 Å². The molecule has 2 atom stereocenters. The highest BCUT2D eigenvalue weighted by molar-refractivity contribution is 5.75. The molecular weight excluding hydrogens is 168 g/mol. The molecule has 0 fully saturated rings. The second-order valence-electron chi connectivity index (χ2n) is 3.04. The van der Waals surface area contributed by atoms with Crippen LogP contribution >= 0.6 is 0 Å². The van der Waals surface area contributed by atoms with Crippen LogP contribution in [0.15, 0.2) is 37.0 Å². The molecule has 0 saturated heterocycles. The third-order valence-corrected chi connectivity index (χ3v) is 2.08. The number of rotatable bonds is 3. The molecule has 0 saturated carbocycles. The van der Waals surface area contributed by atoms with E-state index in [2.05, 4.69) is 6.58 Å². The molecule has 0 aromatic carbocycles. The lowest BCUT2D eigenvalue weighted by Gasteiger charge is -2.29. The van der Waals surface area contributed by atoms with Crippen molar-refractivity contribution < 1.29 is 15.0 Å². The Bertz CT molecular complexity index is 278. The van der Waals surface area contributed by atoms with Gasteiger partial charge in [-0.3, -0.25) is 4.79 Å². The van der Waals surface area contributed by atoms with Crippen LogP contribution in [0, 0.1) is 5.92 Å². The van der Waals surface area contributed by atoms with Gasteiger partial charge in [0.1, 0.15) is 11.5 Å². The maximum absolute atomic E-state index is 10.8. The van der Waals surface area contributed by atoms with Gasteiger partial charge in [-0.05, 0) is 6.42 Å². The molecule has 0 aromatic rings. The lowest BCUT2D eigenvalue weighted by Crippen LogP contribution is -2.40. The smallest absolute Gasteiger partial charge is 0.313 e. The number of carboxylic acid groups (broad SMARTS) is 1. The Balaban J connectivity index is 2.92. The predicted octanol–water partition coefficient (Wildman–Crippen LogP) is 1.12. The first-order valence-corrected chi connectivity index (χ1v) is 4.02. The first kappa shape index (κ1) is 9.74. The van der Waals surface area contributed by atoms with E-state index in [1.165, 1.54) is 18.2 Å². The molecule has 0 aromatic heterocycles. The fourth-order valence-corrected chi connectivity index (χ4v) is 1.39. The summed E-state index contributed by atoms with van der Waals surface area (Å²) >= 11 is 0. The van der Waals surface area contributed by atoms with E-state index in [1.807, 2.05) is 0 Å². The normalized spacial score (nSPS) is 31.6. The van der Waals surface area contributed by atoms with Crippen molar-refractivity contribution in [2.75, 3.05) is 0 Å². The first-order chi connectivity index (χ1) is 6.10. The Hall–Kier alpha value is -1.35. The Labute approximate surface area is 76.7 Å². The highest BCUT2D eigenvalue weighted by Gasteiger charge is 2.37. The second kappa shape index (κ2) is 3.58. The molecule has 2 unspecified atom stereocenters. The monoisotopic (exact) mass is 180 g/mol. The van der Waals surface area contributed by atoms with E-state index in [1.54, 1.807) is 12.2 Å². The van der Waals surface area contributed by atoms with Crippen LogP contribution in [0.3, 0.4) is 0 Å². The zero-order chi connectivity index (χ0) is 9.90. The van der Waals surface area contributed by atoms with Gasteiger partial charge in [0.15, 0.2) is 0 Å². The summed E-state index contributed by atoms with van der Waals surface area (Å²) in [5.74, 6) is -1.90. The summed E-state index contributed by atoms with van der Waals surface area (Å²) in [5.41, 5.74) is -1.32. The average Bonchev–Trinajstić information content (AvgIpc) is 2.04. The largest absolute Gasteiger partial charge is 0.481 e. The molecule has 2 N–H and O–H groups in total. The van der Waals surface area contributed by atoms with E-state index in [-0.39, 0.29) is 6.42 Å². The van der Waals surface area contributed by atoms with Crippen LogP contribution in [-0.2, 0) is 4.79 Å². The van der Waals surface area contributed by atoms with Gasteiger partial charge in [-0.25, -0.2) is 0 Å². The van der Waals surface area contributed by atoms with Crippen molar-refractivity contribution in [3.8, 4) is 0 Å². The van der Waals surface area contributed by atoms with E-state index in [4.69, 9.17) is 5.11 Å². The maximum atomic E-state index is 10.8. The molecule has 0 heterocycles. The molecule has 1 rings (SSSR count). The van der Waals surface area contributed by atoms with Crippen LogP contribution in [0.4, 0.5) is 0 Å². The average molecular weight is 180 g/mol. The number of aliphatic carboxylic acids is 1. The quantitative estimate of drug-likeness (QED) is 0.640. The third kappa shape index (κ3) is 1.87. The minimum absolute atomic E-state index is 0.241. The Kier molecular flexibility index (Phi) is 2.68. The molecule has 0 bridgehead atoms. The fourth-order valence-electron chi connectivity index (χ4n) is 1.39. The molecule has 1 aliphatic rings. The van der Waals surface area contributed by atoms with Gasteiger partial charge >= 0.3 is 5.97 Å². The van der Waals surface area contributed by atoms with Crippen molar-refractivity contribution in [1.82, 2.24) is 0 Å². The Morgan fingerprint density at radius 3 is 2.85 bits per heavy atom. The van der Waals surface area contributed by atoms with Crippen molar-refractivity contribution in [3.05, 3.63) is 37.0 Å². The third-order valence-electron chi connectivity index (χ3n) is 2.08. The van der Waals surface area contributed by atoms with Gasteiger partial charge in [0.2, 0.25) is 0 Å². The van der Waals surface area contributed by atoms with Gasteiger partial charge < -0.3 is 10.2 Å². The highest BCUT2D eigenvalue weighted by Crippen LogP contribution is 2.28. The Morgan fingerprint density at radius 1 is 1.62 bits per heavy atom. The number of carbonyl (C=O) groups is 1. The standard InChI is InChI=1S/C10H12O3/c1-2-6-10(13)7-4-3-5-8(10)9(11)12/h2-5,7-8,13H,1,6H2,(H,11,12). The zero-order valence-electron chi connectivity index (χ0n) is 7.18. The predicted molar refractivity (Wildman–Crippen MR) is 49.2 cm³/mol. The number of hydrogen-bond donors (Lipinski definition) is 2. The molecule has 3 nitrogen and oxygen atoms in total. The van der Waals surface area contributed by atoms with E-state index in [0.717, 1.165) is 0 Å². The van der Waals surface area contributed by atoms with Gasteiger partial charge in [-0.15, -0.1) is 6.58 Å². The van der Waals surface area contributed by atoms with Gasteiger partial charge in [-0.1, -0.05) is 30.4 Å². The number of allylic oxidation sites excluding steroid dienone is 2. The van der Waals surface area contributed by atoms with Crippen LogP contribution in [0.5, 0.6) is 0 Å². The molecule has 13 heavy (non-hydrogen) atoms. The minimum Gasteiger partial charge on any atom is -0.481 e. The van der Waals surface area contributed by atoms with Crippen LogP contribution in [-0.4, -0.2) is 21.8 Å². The molecule has 0 aliphatic heterocycles. The summed E-state index contributed by atoms with van der Waals surface area (Å²) in [7, 11) is 0. The number of carboxylic acids is 1. The zero-order valence-corrected chi connectivity index (χ0v) is 7.18. The van der Waals surface area contributed by atoms with Crippen molar-refractivity contribution in [2.45, 2.75) is 12.0 Å². The van der Waals surface area contributed by atoms with Crippen LogP contribution in [0.25, 0.3) is 0 Å². The SMILES string of the molecule is C=CCC1(O)C=CC=CC1C(=O)O. The van der Waals surface area contributed by atoms with E-state index in [0.29, 0.717) is 0 Å². The summed E-state index contributed by atoms with van der Waals surface area (Å²) in [5, 5.41) is 18.7. The molecular formula is C10H12O3. The van der Waals surface area contributed by atoms with E-state index >= 15 is 0 Å². The lowest BCUT2D eigenvalue weighted by molar-refractivity contribution is -0.146. The number of hydrogen-bond acceptors (Lipinski definition) is 2. The van der Waals surface area contributed by atoms with E-state index in [9.17, 15) is 9.90 Å². The summed E-state index contributed by atoms with van der Waals surface area (Å²) in [6, 6.07) is 0. The van der Waals surface area contributed by atoms with Gasteiger partial charge in [0, 0.05) is 0 Å². The topological polar surface area (TPSA) is 57.5 Å². The molecule has 0 amide bonds. The van der Waals surface area contributed by atoms with E-state index < -0.39 is 17.5 Å².